The molecule has 5 heteroatoms. The number of hydrogen-bond donors (Lipinski definition) is 2. The molecule has 0 bridgehead atoms. The molecule has 2 heterocycles. The van der Waals surface area contributed by atoms with E-state index in [1.165, 1.54) is 27.9 Å². The molecule has 0 saturated carbocycles. The largest absolute Gasteiger partial charge is 0.377 e. The molecule has 2 N–H and O–H groups in total. The highest BCUT2D eigenvalue weighted by molar-refractivity contribution is 6.31. The Morgan fingerprint density at radius 3 is 2.64 bits per heavy atom. The van der Waals surface area contributed by atoms with Crippen molar-refractivity contribution in [3.05, 3.63) is 57.6 Å². The SMILES string of the molecule is CCOCc1cc(Cl)cc2c1C(C)(C)c1cc(CN3CCNCC3)ccc1N2. The molecular weight excluding hydrogens is 370 g/mol. The zero-order chi connectivity index (χ0) is 19.7. The van der Waals surface area contributed by atoms with Gasteiger partial charge in [-0.15, -0.1) is 0 Å². The van der Waals surface area contributed by atoms with Crippen LogP contribution < -0.4 is 10.6 Å². The van der Waals surface area contributed by atoms with E-state index >= 15 is 0 Å². The highest BCUT2D eigenvalue weighted by Gasteiger charge is 2.35. The van der Waals surface area contributed by atoms with E-state index in [1.54, 1.807) is 0 Å². The zero-order valence-corrected chi connectivity index (χ0v) is 17.8. The summed E-state index contributed by atoms with van der Waals surface area (Å²) < 4.78 is 5.75. The molecule has 28 heavy (non-hydrogen) atoms. The molecule has 2 aromatic rings. The minimum absolute atomic E-state index is 0.119. The van der Waals surface area contributed by atoms with Crippen LogP contribution in [0.3, 0.4) is 0 Å². The molecule has 0 atom stereocenters. The molecule has 150 valence electrons. The van der Waals surface area contributed by atoms with E-state index in [0.717, 1.165) is 43.4 Å². The van der Waals surface area contributed by atoms with Gasteiger partial charge in [-0.25, -0.2) is 0 Å². The fraction of sp³-hybridized carbons (Fsp3) is 0.478. The molecule has 0 spiro atoms. The Labute approximate surface area is 173 Å². The average Bonchev–Trinajstić information content (AvgIpc) is 2.67. The van der Waals surface area contributed by atoms with Crippen molar-refractivity contribution in [3.8, 4) is 0 Å². The first-order valence-corrected chi connectivity index (χ1v) is 10.6. The van der Waals surface area contributed by atoms with Gasteiger partial charge in [-0.3, -0.25) is 4.90 Å². The minimum atomic E-state index is -0.119. The summed E-state index contributed by atoms with van der Waals surface area (Å²) in [5.74, 6) is 0. The van der Waals surface area contributed by atoms with Gasteiger partial charge in [-0.2, -0.15) is 0 Å². The standard InChI is InChI=1S/C23H30ClN3O/c1-4-28-15-17-12-18(24)13-21-22(17)23(2,3)19-11-16(5-6-20(19)26-21)14-27-9-7-25-8-10-27/h5-6,11-13,25-26H,4,7-10,14-15H2,1-3H3. The summed E-state index contributed by atoms with van der Waals surface area (Å²) in [7, 11) is 0. The second kappa shape index (κ2) is 8.03. The van der Waals surface area contributed by atoms with Gasteiger partial charge in [0.05, 0.1) is 6.61 Å². The quantitative estimate of drug-likeness (QED) is 0.766. The summed E-state index contributed by atoms with van der Waals surface area (Å²) in [5, 5.41) is 7.79. The van der Waals surface area contributed by atoms with E-state index in [1.807, 2.05) is 13.0 Å². The summed E-state index contributed by atoms with van der Waals surface area (Å²) in [6.45, 7) is 13.3. The van der Waals surface area contributed by atoms with Crippen molar-refractivity contribution in [2.75, 3.05) is 38.1 Å². The molecular formula is C23H30ClN3O. The number of nitrogens with zero attached hydrogens (tertiary/aromatic N) is 1. The summed E-state index contributed by atoms with van der Waals surface area (Å²) in [6.07, 6.45) is 0. The van der Waals surface area contributed by atoms with Crippen LogP contribution in [-0.4, -0.2) is 37.7 Å². The Morgan fingerprint density at radius 2 is 1.89 bits per heavy atom. The highest BCUT2D eigenvalue weighted by Crippen LogP contribution is 2.48. The maximum atomic E-state index is 6.41. The van der Waals surface area contributed by atoms with Crippen molar-refractivity contribution >= 4 is 23.0 Å². The maximum absolute atomic E-state index is 6.41. The molecule has 2 aliphatic rings. The monoisotopic (exact) mass is 399 g/mol. The van der Waals surface area contributed by atoms with Crippen molar-refractivity contribution in [2.45, 2.75) is 39.3 Å². The summed E-state index contributed by atoms with van der Waals surface area (Å²) >= 11 is 6.41. The number of anilines is 2. The van der Waals surface area contributed by atoms with Crippen molar-refractivity contribution < 1.29 is 4.74 Å². The fourth-order valence-corrected chi connectivity index (χ4v) is 4.79. The van der Waals surface area contributed by atoms with Crippen molar-refractivity contribution in [3.63, 3.8) is 0 Å². The predicted octanol–water partition coefficient (Wildman–Crippen LogP) is 4.66. The second-order valence-corrected chi connectivity index (χ2v) is 8.72. The summed E-state index contributed by atoms with van der Waals surface area (Å²) in [6, 6.07) is 10.9. The number of nitrogens with one attached hydrogen (secondary N) is 2. The first-order chi connectivity index (χ1) is 13.5. The molecule has 0 unspecified atom stereocenters. The van der Waals surface area contributed by atoms with Crippen molar-refractivity contribution in [1.82, 2.24) is 10.2 Å². The molecule has 4 rings (SSSR count). The van der Waals surface area contributed by atoms with Crippen LogP contribution in [0.2, 0.25) is 5.02 Å². The first kappa shape index (κ1) is 19.7. The molecule has 1 saturated heterocycles. The van der Waals surface area contributed by atoms with Gasteiger partial charge in [-0.1, -0.05) is 37.6 Å². The van der Waals surface area contributed by atoms with Crippen LogP contribution in [0.1, 0.15) is 43.0 Å². The Morgan fingerprint density at radius 1 is 1.11 bits per heavy atom. The van der Waals surface area contributed by atoms with Gasteiger partial charge in [0.2, 0.25) is 0 Å². The van der Waals surface area contributed by atoms with Gasteiger partial charge in [0.25, 0.3) is 0 Å². The molecule has 2 aliphatic heterocycles. The molecule has 0 radical (unpaired) electrons. The van der Waals surface area contributed by atoms with Crippen LogP contribution in [0.5, 0.6) is 0 Å². The number of benzene rings is 2. The second-order valence-electron chi connectivity index (χ2n) is 8.28. The Hall–Kier alpha value is -1.59. The molecule has 1 fully saturated rings. The lowest BCUT2D eigenvalue weighted by Crippen LogP contribution is -2.42. The Balaban J connectivity index is 1.70. The smallest absolute Gasteiger partial charge is 0.0720 e. The van der Waals surface area contributed by atoms with E-state index in [-0.39, 0.29) is 5.41 Å². The van der Waals surface area contributed by atoms with Crippen LogP contribution in [-0.2, 0) is 23.3 Å². The molecule has 0 aromatic heterocycles. The predicted molar refractivity (Wildman–Crippen MR) is 117 cm³/mol. The van der Waals surface area contributed by atoms with Crippen LogP contribution in [0, 0.1) is 0 Å². The van der Waals surface area contributed by atoms with E-state index in [4.69, 9.17) is 16.3 Å². The van der Waals surface area contributed by atoms with Gasteiger partial charge >= 0.3 is 0 Å². The lowest BCUT2D eigenvalue weighted by molar-refractivity contribution is 0.133. The van der Waals surface area contributed by atoms with Gasteiger partial charge in [-0.05, 0) is 47.4 Å². The number of hydrogen-bond acceptors (Lipinski definition) is 4. The lowest BCUT2D eigenvalue weighted by Gasteiger charge is -2.38. The zero-order valence-electron chi connectivity index (χ0n) is 17.1. The van der Waals surface area contributed by atoms with Gasteiger partial charge in [0, 0.05) is 61.1 Å². The average molecular weight is 400 g/mol. The third-order valence-corrected chi connectivity index (χ3v) is 6.13. The Bertz CT molecular complexity index is 859. The van der Waals surface area contributed by atoms with Crippen LogP contribution >= 0.6 is 11.6 Å². The fourth-order valence-electron chi connectivity index (χ4n) is 4.55. The van der Waals surface area contributed by atoms with Gasteiger partial charge in [0.15, 0.2) is 0 Å². The normalized spacial score (nSPS) is 18.3. The number of rotatable bonds is 5. The third-order valence-electron chi connectivity index (χ3n) is 5.91. The van der Waals surface area contributed by atoms with Gasteiger partial charge in [0.1, 0.15) is 0 Å². The molecule has 0 amide bonds. The van der Waals surface area contributed by atoms with E-state index < -0.39 is 0 Å². The van der Waals surface area contributed by atoms with E-state index in [0.29, 0.717) is 13.2 Å². The highest BCUT2D eigenvalue weighted by atomic mass is 35.5. The van der Waals surface area contributed by atoms with Gasteiger partial charge < -0.3 is 15.4 Å². The molecule has 2 aromatic carbocycles. The van der Waals surface area contributed by atoms with Crippen LogP contribution in [0.4, 0.5) is 11.4 Å². The number of halogens is 1. The maximum Gasteiger partial charge on any atom is 0.0720 e. The van der Waals surface area contributed by atoms with Crippen molar-refractivity contribution in [2.24, 2.45) is 0 Å². The topological polar surface area (TPSA) is 36.5 Å². The van der Waals surface area contributed by atoms with Crippen molar-refractivity contribution in [1.29, 1.82) is 0 Å². The first-order valence-electron chi connectivity index (χ1n) is 10.2. The van der Waals surface area contributed by atoms with Crippen LogP contribution in [0.15, 0.2) is 30.3 Å². The number of piperazine rings is 1. The molecule has 0 aliphatic carbocycles. The third kappa shape index (κ3) is 3.79. The number of ether oxygens (including phenoxy) is 1. The van der Waals surface area contributed by atoms with E-state index in [2.05, 4.69) is 53.6 Å². The lowest BCUT2D eigenvalue weighted by atomic mass is 9.72. The van der Waals surface area contributed by atoms with E-state index in [9.17, 15) is 0 Å². The summed E-state index contributed by atoms with van der Waals surface area (Å²) in [4.78, 5) is 2.52. The Kier molecular flexibility index (Phi) is 5.66. The summed E-state index contributed by atoms with van der Waals surface area (Å²) in [5.41, 5.74) is 7.32. The minimum Gasteiger partial charge on any atom is -0.377 e. The van der Waals surface area contributed by atoms with Crippen LogP contribution in [0.25, 0.3) is 0 Å². The molecule has 4 nitrogen and oxygen atoms in total. The number of fused-ring (bicyclic) bond motifs is 2.